The number of carbonyl (C=O) groups excluding carboxylic acids is 3. The molecule has 0 aromatic carbocycles. The summed E-state index contributed by atoms with van der Waals surface area (Å²) in [6.07, 6.45) is 4.07. The van der Waals surface area contributed by atoms with E-state index >= 15 is 0 Å². The van der Waals surface area contributed by atoms with Gasteiger partial charge in [-0.05, 0) is 12.8 Å². The van der Waals surface area contributed by atoms with E-state index in [1.165, 1.54) is 4.90 Å². The Hall–Kier alpha value is -2.25. The fourth-order valence-electron chi connectivity index (χ4n) is 3.29. The molecule has 1 saturated heterocycles. The van der Waals surface area contributed by atoms with Crippen LogP contribution in [0, 0.1) is 6.92 Å². The van der Waals surface area contributed by atoms with Crippen molar-refractivity contribution in [3.8, 4) is 0 Å². The summed E-state index contributed by atoms with van der Waals surface area (Å²) in [5.74, 6) is 0.365. The summed E-state index contributed by atoms with van der Waals surface area (Å²) in [7, 11) is 0. The van der Waals surface area contributed by atoms with Crippen LogP contribution in [0.2, 0.25) is 0 Å². The Morgan fingerprint density at radius 2 is 1.91 bits per heavy atom. The molecule has 1 N–H and O–H groups in total. The van der Waals surface area contributed by atoms with Gasteiger partial charge in [-0.15, -0.1) is 0 Å². The molecule has 0 atom stereocenters. The number of aromatic nitrogens is 2. The number of nitrogens with one attached hydrogen (secondary N) is 1. The molecular weight excluding hydrogens is 300 g/mol. The standard InChI is InChI=1S/C15H20N4O4/c1-10-16-14(18-23-10)15(7-2-3-8-15)17-11(20)6-9-19-12(21)4-5-13(19)22/h2-9H2,1H3,(H,17,20). The second-order valence-corrected chi connectivity index (χ2v) is 6.16. The Kier molecular flexibility index (Phi) is 4.14. The van der Waals surface area contributed by atoms with E-state index in [-0.39, 0.29) is 43.5 Å². The van der Waals surface area contributed by atoms with E-state index in [4.69, 9.17) is 4.52 Å². The molecule has 2 aliphatic rings. The van der Waals surface area contributed by atoms with Gasteiger partial charge in [0.1, 0.15) is 5.54 Å². The lowest BCUT2D eigenvalue weighted by Crippen LogP contribution is -2.45. The zero-order chi connectivity index (χ0) is 16.4. The Bertz CT molecular complexity index is 617. The molecule has 0 radical (unpaired) electrons. The minimum Gasteiger partial charge on any atom is -0.343 e. The highest BCUT2D eigenvalue weighted by Gasteiger charge is 2.41. The first-order valence-electron chi connectivity index (χ1n) is 7.95. The van der Waals surface area contributed by atoms with E-state index in [2.05, 4.69) is 15.5 Å². The van der Waals surface area contributed by atoms with Crippen LogP contribution in [-0.4, -0.2) is 39.3 Å². The Morgan fingerprint density at radius 3 is 2.48 bits per heavy atom. The van der Waals surface area contributed by atoms with Crippen molar-refractivity contribution in [3.63, 3.8) is 0 Å². The summed E-state index contributed by atoms with van der Waals surface area (Å²) < 4.78 is 5.04. The van der Waals surface area contributed by atoms with Gasteiger partial charge in [-0.1, -0.05) is 18.0 Å². The van der Waals surface area contributed by atoms with Crippen molar-refractivity contribution in [2.75, 3.05) is 6.54 Å². The molecule has 8 nitrogen and oxygen atoms in total. The molecular formula is C15H20N4O4. The number of imide groups is 1. The Balaban J connectivity index is 1.63. The number of nitrogens with zero attached hydrogens (tertiary/aromatic N) is 3. The highest BCUT2D eigenvalue weighted by molar-refractivity contribution is 6.02. The molecule has 1 aliphatic carbocycles. The van der Waals surface area contributed by atoms with Crippen LogP contribution in [0.4, 0.5) is 0 Å². The van der Waals surface area contributed by atoms with Crippen molar-refractivity contribution in [1.29, 1.82) is 0 Å². The molecule has 23 heavy (non-hydrogen) atoms. The van der Waals surface area contributed by atoms with Crippen molar-refractivity contribution in [2.45, 2.75) is 57.4 Å². The van der Waals surface area contributed by atoms with Gasteiger partial charge in [0.05, 0.1) is 0 Å². The van der Waals surface area contributed by atoms with Crippen molar-refractivity contribution >= 4 is 17.7 Å². The fraction of sp³-hybridized carbons (Fsp3) is 0.667. The molecule has 1 aromatic rings. The van der Waals surface area contributed by atoms with E-state index in [0.717, 1.165) is 25.7 Å². The Morgan fingerprint density at radius 1 is 1.26 bits per heavy atom. The van der Waals surface area contributed by atoms with Crippen LogP contribution < -0.4 is 5.32 Å². The third kappa shape index (κ3) is 3.11. The maximum Gasteiger partial charge on any atom is 0.229 e. The molecule has 1 aliphatic heterocycles. The van der Waals surface area contributed by atoms with Crippen LogP contribution in [0.3, 0.4) is 0 Å². The maximum absolute atomic E-state index is 12.3. The van der Waals surface area contributed by atoms with Crippen molar-refractivity contribution in [2.24, 2.45) is 0 Å². The predicted molar refractivity (Wildman–Crippen MR) is 77.9 cm³/mol. The topological polar surface area (TPSA) is 105 Å². The van der Waals surface area contributed by atoms with Gasteiger partial charge >= 0.3 is 0 Å². The van der Waals surface area contributed by atoms with E-state index < -0.39 is 5.54 Å². The average Bonchev–Trinajstić information content (AvgIpc) is 3.21. The molecule has 8 heteroatoms. The second-order valence-electron chi connectivity index (χ2n) is 6.16. The predicted octanol–water partition coefficient (Wildman–Crippen LogP) is 0.803. The number of hydrogen-bond acceptors (Lipinski definition) is 6. The molecule has 2 heterocycles. The van der Waals surface area contributed by atoms with E-state index in [0.29, 0.717) is 11.7 Å². The van der Waals surface area contributed by atoms with Gasteiger partial charge in [0.2, 0.25) is 23.6 Å². The van der Waals surface area contributed by atoms with E-state index in [1.54, 1.807) is 6.92 Å². The van der Waals surface area contributed by atoms with Gasteiger partial charge in [0.15, 0.2) is 5.82 Å². The molecule has 0 unspecified atom stereocenters. The number of carbonyl (C=O) groups is 3. The average molecular weight is 320 g/mol. The van der Waals surface area contributed by atoms with Gasteiger partial charge < -0.3 is 9.84 Å². The van der Waals surface area contributed by atoms with Crippen LogP contribution in [0.25, 0.3) is 0 Å². The highest BCUT2D eigenvalue weighted by atomic mass is 16.5. The molecule has 0 bridgehead atoms. The highest BCUT2D eigenvalue weighted by Crippen LogP contribution is 2.37. The quantitative estimate of drug-likeness (QED) is 0.805. The molecule has 2 fully saturated rings. The SMILES string of the molecule is Cc1nc(C2(NC(=O)CCN3C(=O)CCC3=O)CCCC2)no1. The smallest absolute Gasteiger partial charge is 0.229 e. The molecule has 1 saturated carbocycles. The van der Waals surface area contributed by atoms with E-state index in [9.17, 15) is 14.4 Å². The van der Waals surface area contributed by atoms with E-state index in [1.807, 2.05) is 0 Å². The number of amides is 3. The van der Waals surface area contributed by atoms with Crippen LogP contribution in [-0.2, 0) is 19.9 Å². The minimum absolute atomic E-state index is 0.0933. The third-order valence-electron chi connectivity index (χ3n) is 4.51. The number of hydrogen-bond donors (Lipinski definition) is 1. The van der Waals surface area contributed by atoms with Gasteiger partial charge in [-0.2, -0.15) is 4.98 Å². The lowest BCUT2D eigenvalue weighted by Gasteiger charge is -2.27. The minimum atomic E-state index is -0.589. The molecule has 3 rings (SSSR count). The van der Waals surface area contributed by atoms with Crippen molar-refractivity contribution in [3.05, 3.63) is 11.7 Å². The van der Waals surface area contributed by atoms with Crippen LogP contribution >= 0.6 is 0 Å². The lowest BCUT2D eigenvalue weighted by atomic mass is 9.96. The molecule has 3 amide bonds. The Labute approximate surface area is 133 Å². The largest absolute Gasteiger partial charge is 0.343 e. The molecule has 124 valence electrons. The van der Waals surface area contributed by atoms with Crippen LogP contribution in [0.5, 0.6) is 0 Å². The van der Waals surface area contributed by atoms with Crippen molar-refractivity contribution < 1.29 is 18.9 Å². The van der Waals surface area contributed by atoms with Crippen LogP contribution in [0.1, 0.15) is 56.7 Å². The number of rotatable bonds is 5. The summed E-state index contributed by atoms with van der Waals surface area (Å²) in [4.78, 5) is 40.9. The van der Waals surface area contributed by atoms with Gasteiger partial charge in [-0.3, -0.25) is 19.3 Å². The number of likely N-dealkylation sites (tertiary alicyclic amines) is 1. The number of aryl methyl sites for hydroxylation is 1. The molecule has 0 spiro atoms. The van der Waals surface area contributed by atoms with Gasteiger partial charge in [0, 0.05) is 32.7 Å². The third-order valence-corrected chi connectivity index (χ3v) is 4.51. The first-order chi connectivity index (χ1) is 11.0. The lowest BCUT2D eigenvalue weighted by molar-refractivity contribution is -0.138. The zero-order valence-electron chi connectivity index (χ0n) is 13.1. The van der Waals surface area contributed by atoms with Gasteiger partial charge in [0.25, 0.3) is 0 Å². The van der Waals surface area contributed by atoms with Gasteiger partial charge in [-0.25, -0.2) is 0 Å². The summed E-state index contributed by atoms with van der Waals surface area (Å²) in [6, 6.07) is 0. The summed E-state index contributed by atoms with van der Waals surface area (Å²) in [5.41, 5.74) is -0.589. The summed E-state index contributed by atoms with van der Waals surface area (Å²) >= 11 is 0. The first kappa shape index (κ1) is 15.6. The maximum atomic E-state index is 12.3. The summed E-state index contributed by atoms with van der Waals surface area (Å²) in [6.45, 7) is 1.84. The van der Waals surface area contributed by atoms with Crippen LogP contribution in [0.15, 0.2) is 4.52 Å². The normalized spacial score (nSPS) is 20.3. The second kappa shape index (κ2) is 6.10. The monoisotopic (exact) mass is 320 g/mol. The fourth-order valence-corrected chi connectivity index (χ4v) is 3.29. The molecule has 1 aromatic heterocycles. The van der Waals surface area contributed by atoms with Crippen molar-refractivity contribution in [1.82, 2.24) is 20.4 Å². The zero-order valence-corrected chi connectivity index (χ0v) is 13.1. The first-order valence-corrected chi connectivity index (χ1v) is 7.95. The summed E-state index contributed by atoms with van der Waals surface area (Å²) in [5, 5.41) is 6.97.